The van der Waals surface area contributed by atoms with Gasteiger partial charge in [-0.1, -0.05) is 4.85 Å². The molecule has 0 aliphatic carbocycles. The fourth-order valence-electron chi connectivity index (χ4n) is 1.45. The van der Waals surface area contributed by atoms with Gasteiger partial charge in [0.05, 0.1) is 12.2 Å². The number of benzene rings is 1. The molecule has 1 aliphatic rings. The van der Waals surface area contributed by atoms with Gasteiger partial charge in [0.2, 0.25) is 0 Å². The smallest absolute Gasteiger partial charge is 0.131 e. The number of hydrogen-bond donors (Lipinski definition) is 1. The molecular formula is C7H5N5O. The Morgan fingerprint density at radius 3 is 3.23 bits per heavy atom. The van der Waals surface area contributed by atoms with Crippen LogP contribution in [0.5, 0.6) is 0 Å². The summed E-state index contributed by atoms with van der Waals surface area (Å²) in [6.45, 7) is 0.519. The summed E-state index contributed by atoms with van der Waals surface area (Å²) in [5, 5.41) is 24.4. The van der Waals surface area contributed by atoms with E-state index in [1.807, 2.05) is 0 Å². The SMILES string of the molecule is On1nnc2c3c(ccc21)N=NC3. The molecular weight excluding hydrogens is 170 g/mol. The van der Waals surface area contributed by atoms with Gasteiger partial charge in [0.1, 0.15) is 11.0 Å². The van der Waals surface area contributed by atoms with E-state index in [4.69, 9.17) is 0 Å². The van der Waals surface area contributed by atoms with Crippen molar-refractivity contribution in [2.24, 2.45) is 10.2 Å². The lowest BCUT2D eigenvalue weighted by Gasteiger charge is -1.94. The van der Waals surface area contributed by atoms with Crippen molar-refractivity contribution in [3.63, 3.8) is 0 Å². The van der Waals surface area contributed by atoms with Crippen LogP contribution in [0, 0.1) is 0 Å². The summed E-state index contributed by atoms with van der Waals surface area (Å²) in [6.07, 6.45) is 0. The van der Waals surface area contributed by atoms with Gasteiger partial charge < -0.3 is 5.21 Å². The molecule has 0 amide bonds. The van der Waals surface area contributed by atoms with Crippen LogP contribution in [0.4, 0.5) is 5.69 Å². The van der Waals surface area contributed by atoms with Crippen LogP contribution in [0.2, 0.25) is 0 Å². The number of hydrogen-bond acceptors (Lipinski definition) is 5. The molecule has 0 fully saturated rings. The molecule has 3 rings (SSSR count). The summed E-state index contributed by atoms with van der Waals surface area (Å²) in [5.74, 6) is 0. The fourth-order valence-corrected chi connectivity index (χ4v) is 1.45. The van der Waals surface area contributed by atoms with Gasteiger partial charge in [-0.25, -0.2) is 0 Å². The standard InChI is InChI=1S/C7H5N5O/c13-12-6-2-1-5-4(3-8-9-5)7(6)10-11-12/h1-2,13H,3H2. The largest absolute Gasteiger partial charge is 0.410 e. The third kappa shape index (κ3) is 0.715. The predicted molar refractivity (Wildman–Crippen MR) is 42.9 cm³/mol. The molecule has 0 spiro atoms. The zero-order valence-electron chi connectivity index (χ0n) is 6.55. The summed E-state index contributed by atoms with van der Waals surface area (Å²) in [6, 6.07) is 3.52. The van der Waals surface area contributed by atoms with Crippen molar-refractivity contribution in [2.75, 3.05) is 0 Å². The Morgan fingerprint density at radius 1 is 1.38 bits per heavy atom. The Morgan fingerprint density at radius 2 is 2.31 bits per heavy atom. The van der Waals surface area contributed by atoms with Crippen molar-refractivity contribution in [2.45, 2.75) is 6.54 Å². The molecule has 64 valence electrons. The number of azo groups is 1. The second kappa shape index (κ2) is 2.03. The molecule has 0 atom stereocenters. The third-order valence-corrected chi connectivity index (χ3v) is 2.09. The minimum atomic E-state index is 0.519. The molecule has 0 bridgehead atoms. The Labute approximate surface area is 72.5 Å². The lowest BCUT2D eigenvalue weighted by molar-refractivity contribution is 0.155. The number of rotatable bonds is 0. The monoisotopic (exact) mass is 175 g/mol. The van der Waals surface area contributed by atoms with Gasteiger partial charge in [-0.15, -0.1) is 5.10 Å². The maximum atomic E-state index is 9.22. The van der Waals surface area contributed by atoms with Gasteiger partial charge in [-0.3, -0.25) is 0 Å². The molecule has 1 aromatic heterocycles. The predicted octanol–water partition coefficient (Wildman–Crippen LogP) is 1.27. The van der Waals surface area contributed by atoms with Crippen LogP contribution in [0.3, 0.4) is 0 Å². The quantitative estimate of drug-likeness (QED) is 0.612. The van der Waals surface area contributed by atoms with Gasteiger partial charge >= 0.3 is 0 Å². The van der Waals surface area contributed by atoms with Crippen LogP contribution >= 0.6 is 0 Å². The second-order valence-electron chi connectivity index (χ2n) is 2.81. The van der Waals surface area contributed by atoms with Gasteiger partial charge in [-0.2, -0.15) is 10.2 Å². The van der Waals surface area contributed by atoms with Crippen LogP contribution in [0.15, 0.2) is 22.4 Å². The highest BCUT2D eigenvalue weighted by Gasteiger charge is 2.15. The lowest BCUT2D eigenvalue weighted by atomic mass is 10.1. The molecule has 0 saturated carbocycles. The van der Waals surface area contributed by atoms with E-state index in [0.717, 1.165) is 16.1 Å². The first-order valence-corrected chi connectivity index (χ1v) is 3.80. The van der Waals surface area contributed by atoms with E-state index in [1.165, 1.54) is 0 Å². The second-order valence-corrected chi connectivity index (χ2v) is 2.81. The Hall–Kier alpha value is -1.98. The average molecular weight is 175 g/mol. The number of nitrogens with zero attached hydrogens (tertiary/aromatic N) is 5. The van der Waals surface area contributed by atoms with Crippen molar-refractivity contribution in [3.05, 3.63) is 17.7 Å². The minimum absolute atomic E-state index is 0.519. The number of fused-ring (bicyclic) bond motifs is 3. The van der Waals surface area contributed by atoms with Crippen LogP contribution in [-0.2, 0) is 6.54 Å². The van der Waals surface area contributed by atoms with E-state index in [1.54, 1.807) is 12.1 Å². The summed E-state index contributed by atoms with van der Waals surface area (Å²) < 4.78 is 0. The topological polar surface area (TPSA) is 75.7 Å². The van der Waals surface area contributed by atoms with Crippen molar-refractivity contribution in [1.29, 1.82) is 0 Å². The van der Waals surface area contributed by atoms with Crippen LogP contribution in [0.1, 0.15) is 5.56 Å². The molecule has 2 heterocycles. The molecule has 6 heteroatoms. The summed E-state index contributed by atoms with van der Waals surface area (Å²) >= 11 is 0. The average Bonchev–Trinajstić information content (AvgIpc) is 2.70. The normalized spacial score (nSPS) is 13.8. The molecule has 1 aliphatic heterocycles. The first-order chi connectivity index (χ1) is 6.36. The highest BCUT2D eigenvalue weighted by molar-refractivity contribution is 5.83. The zero-order chi connectivity index (χ0) is 8.84. The first-order valence-electron chi connectivity index (χ1n) is 3.80. The maximum Gasteiger partial charge on any atom is 0.131 e. The first kappa shape index (κ1) is 6.53. The van der Waals surface area contributed by atoms with Gasteiger partial charge in [0.25, 0.3) is 0 Å². The lowest BCUT2D eigenvalue weighted by Crippen LogP contribution is -1.91. The highest BCUT2D eigenvalue weighted by Crippen LogP contribution is 2.31. The van der Waals surface area contributed by atoms with E-state index in [-0.39, 0.29) is 0 Å². The van der Waals surface area contributed by atoms with E-state index in [9.17, 15) is 5.21 Å². The van der Waals surface area contributed by atoms with Gasteiger partial charge in [-0.05, 0) is 17.3 Å². The van der Waals surface area contributed by atoms with Gasteiger partial charge in [0.15, 0.2) is 0 Å². The molecule has 1 N–H and O–H groups in total. The molecule has 6 nitrogen and oxygen atoms in total. The van der Waals surface area contributed by atoms with Crippen LogP contribution < -0.4 is 0 Å². The molecule has 13 heavy (non-hydrogen) atoms. The zero-order valence-corrected chi connectivity index (χ0v) is 6.55. The summed E-state index contributed by atoms with van der Waals surface area (Å²) in [7, 11) is 0. The molecule has 0 radical (unpaired) electrons. The molecule has 2 aromatic rings. The molecule has 1 aromatic carbocycles. The van der Waals surface area contributed by atoms with Crippen molar-refractivity contribution >= 4 is 16.7 Å². The molecule has 0 saturated heterocycles. The van der Waals surface area contributed by atoms with Crippen LogP contribution in [0.25, 0.3) is 11.0 Å². The van der Waals surface area contributed by atoms with Crippen molar-refractivity contribution < 1.29 is 5.21 Å². The van der Waals surface area contributed by atoms with Crippen molar-refractivity contribution in [1.82, 2.24) is 15.2 Å². The Bertz CT molecular complexity index is 515. The Kier molecular flexibility index (Phi) is 1.02. The summed E-state index contributed by atoms with van der Waals surface area (Å²) in [5.41, 5.74) is 3.00. The molecule has 0 unspecified atom stereocenters. The Balaban J connectivity index is 2.47. The maximum absolute atomic E-state index is 9.22. The third-order valence-electron chi connectivity index (χ3n) is 2.09. The van der Waals surface area contributed by atoms with Gasteiger partial charge in [0, 0.05) is 5.56 Å². The minimum Gasteiger partial charge on any atom is -0.410 e. The van der Waals surface area contributed by atoms with E-state index >= 15 is 0 Å². The van der Waals surface area contributed by atoms with E-state index in [0.29, 0.717) is 17.6 Å². The van der Waals surface area contributed by atoms with Crippen molar-refractivity contribution in [3.8, 4) is 0 Å². The van der Waals surface area contributed by atoms with E-state index < -0.39 is 0 Å². The van der Waals surface area contributed by atoms with Crippen LogP contribution in [-0.4, -0.2) is 20.4 Å². The number of aromatic nitrogens is 3. The van der Waals surface area contributed by atoms with E-state index in [2.05, 4.69) is 20.5 Å². The fraction of sp³-hybridized carbons (Fsp3) is 0.143. The highest BCUT2D eigenvalue weighted by atomic mass is 16.5. The summed E-state index contributed by atoms with van der Waals surface area (Å²) in [4.78, 5) is 0.758.